The van der Waals surface area contributed by atoms with Crippen LogP contribution in [0.25, 0.3) is 0 Å². The van der Waals surface area contributed by atoms with Crippen LogP contribution in [0, 0.1) is 6.92 Å². The molecule has 0 bridgehead atoms. The highest BCUT2D eigenvalue weighted by atomic mass is 127. The molecule has 23 heavy (non-hydrogen) atoms. The Morgan fingerprint density at radius 1 is 1.39 bits per heavy atom. The van der Waals surface area contributed by atoms with Crippen molar-refractivity contribution < 1.29 is 0 Å². The number of piperidine rings is 1. The molecular formula is C17H31IN4S. The van der Waals surface area contributed by atoms with Crippen molar-refractivity contribution in [3.05, 3.63) is 21.9 Å². The average molecular weight is 450 g/mol. The van der Waals surface area contributed by atoms with Gasteiger partial charge in [-0.1, -0.05) is 13.3 Å². The van der Waals surface area contributed by atoms with E-state index in [1.54, 1.807) is 11.3 Å². The number of halogens is 1. The van der Waals surface area contributed by atoms with Gasteiger partial charge in [-0.2, -0.15) is 0 Å². The van der Waals surface area contributed by atoms with Crippen LogP contribution in [0.4, 0.5) is 0 Å². The van der Waals surface area contributed by atoms with Crippen LogP contribution in [0.5, 0.6) is 0 Å². The molecule has 132 valence electrons. The number of hydrogen-bond donors (Lipinski definition) is 2. The molecule has 0 aromatic carbocycles. The van der Waals surface area contributed by atoms with Gasteiger partial charge in [0.2, 0.25) is 0 Å². The van der Waals surface area contributed by atoms with Crippen molar-refractivity contribution in [2.45, 2.75) is 52.1 Å². The zero-order chi connectivity index (χ0) is 15.8. The summed E-state index contributed by atoms with van der Waals surface area (Å²) in [6, 6.07) is 2.94. The summed E-state index contributed by atoms with van der Waals surface area (Å²) in [5.41, 5.74) is 1.35. The van der Waals surface area contributed by atoms with Gasteiger partial charge < -0.3 is 10.6 Å². The second-order valence-electron chi connectivity index (χ2n) is 5.97. The minimum Gasteiger partial charge on any atom is -0.355 e. The first-order chi connectivity index (χ1) is 10.7. The Hall–Kier alpha value is -0.340. The summed E-state index contributed by atoms with van der Waals surface area (Å²) in [5.74, 6) is 0.901. The molecule has 0 spiro atoms. The molecule has 2 rings (SSSR count). The third-order valence-corrected chi connectivity index (χ3v) is 5.54. The Morgan fingerprint density at radius 3 is 2.87 bits per heavy atom. The van der Waals surface area contributed by atoms with Gasteiger partial charge in [-0.3, -0.25) is 9.89 Å². The van der Waals surface area contributed by atoms with E-state index < -0.39 is 0 Å². The maximum atomic E-state index is 4.32. The molecule has 1 fully saturated rings. The van der Waals surface area contributed by atoms with Crippen molar-refractivity contribution in [2.24, 2.45) is 4.99 Å². The zero-order valence-corrected chi connectivity index (χ0v) is 17.7. The molecule has 6 heteroatoms. The molecule has 0 aliphatic carbocycles. The first kappa shape index (κ1) is 20.7. The summed E-state index contributed by atoms with van der Waals surface area (Å²) in [4.78, 5) is 8.33. The Labute approximate surface area is 162 Å². The van der Waals surface area contributed by atoms with Gasteiger partial charge in [0, 0.05) is 31.1 Å². The molecule has 2 N–H and O–H groups in total. The molecule has 0 saturated carbocycles. The molecule has 1 aliphatic rings. The number of likely N-dealkylation sites (tertiary alicyclic amines) is 1. The Balaban J connectivity index is 0.00000264. The van der Waals surface area contributed by atoms with Gasteiger partial charge in [0.1, 0.15) is 0 Å². The predicted molar refractivity (Wildman–Crippen MR) is 112 cm³/mol. The Bertz CT molecular complexity index is 475. The fourth-order valence-electron chi connectivity index (χ4n) is 3.10. The maximum Gasteiger partial charge on any atom is 0.191 e. The number of aliphatic imine (C=N–C) groups is 1. The first-order valence-electron chi connectivity index (χ1n) is 8.46. The van der Waals surface area contributed by atoms with Crippen LogP contribution >= 0.6 is 35.3 Å². The highest BCUT2D eigenvalue weighted by Crippen LogP contribution is 2.18. The minimum absolute atomic E-state index is 0. The monoisotopic (exact) mass is 450 g/mol. The SMILES string of the molecule is CCC1CCCCN1CCNC(=NC)NCc1sccc1C.I. The van der Waals surface area contributed by atoms with Crippen LogP contribution in [0.1, 0.15) is 43.0 Å². The number of aryl methyl sites for hydroxylation is 1. The van der Waals surface area contributed by atoms with E-state index in [2.05, 4.69) is 45.8 Å². The first-order valence-corrected chi connectivity index (χ1v) is 9.34. The third kappa shape index (κ3) is 6.58. The molecular weight excluding hydrogens is 419 g/mol. The summed E-state index contributed by atoms with van der Waals surface area (Å²) < 4.78 is 0. The fourth-order valence-corrected chi connectivity index (χ4v) is 3.95. The Morgan fingerprint density at radius 2 is 2.22 bits per heavy atom. The molecule has 1 saturated heterocycles. The van der Waals surface area contributed by atoms with Gasteiger partial charge in [-0.25, -0.2) is 0 Å². The van der Waals surface area contributed by atoms with Gasteiger partial charge in [0.05, 0.1) is 6.54 Å². The smallest absolute Gasteiger partial charge is 0.191 e. The average Bonchev–Trinajstić information content (AvgIpc) is 2.96. The lowest BCUT2D eigenvalue weighted by atomic mass is 10.0. The molecule has 1 atom stereocenters. The molecule has 1 aliphatic heterocycles. The van der Waals surface area contributed by atoms with E-state index in [4.69, 9.17) is 0 Å². The number of hydrogen-bond acceptors (Lipinski definition) is 3. The largest absolute Gasteiger partial charge is 0.355 e. The van der Waals surface area contributed by atoms with E-state index in [0.717, 1.165) is 31.6 Å². The molecule has 1 aromatic heterocycles. The lowest BCUT2D eigenvalue weighted by Gasteiger charge is -2.35. The van der Waals surface area contributed by atoms with Gasteiger partial charge >= 0.3 is 0 Å². The molecule has 0 radical (unpaired) electrons. The zero-order valence-electron chi connectivity index (χ0n) is 14.6. The summed E-state index contributed by atoms with van der Waals surface area (Å²) in [7, 11) is 1.84. The number of rotatable bonds is 6. The molecule has 1 aromatic rings. The third-order valence-electron chi connectivity index (χ3n) is 4.52. The molecule has 2 heterocycles. The maximum absolute atomic E-state index is 4.32. The van der Waals surface area contributed by atoms with Crippen molar-refractivity contribution in [1.82, 2.24) is 15.5 Å². The minimum atomic E-state index is 0. The summed E-state index contributed by atoms with van der Waals surface area (Å²) >= 11 is 1.80. The lowest BCUT2D eigenvalue weighted by Crippen LogP contribution is -2.45. The fraction of sp³-hybridized carbons (Fsp3) is 0.706. The normalized spacial score (nSPS) is 19.3. The quantitative estimate of drug-likeness (QED) is 0.395. The number of guanidine groups is 1. The van der Waals surface area contributed by atoms with E-state index >= 15 is 0 Å². The van der Waals surface area contributed by atoms with Crippen LogP contribution in [0.3, 0.4) is 0 Å². The summed E-state index contributed by atoms with van der Waals surface area (Å²) in [5, 5.41) is 8.99. The molecule has 4 nitrogen and oxygen atoms in total. The van der Waals surface area contributed by atoms with Crippen molar-refractivity contribution in [3.63, 3.8) is 0 Å². The number of nitrogens with one attached hydrogen (secondary N) is 2. The van der Waals surface area contributed by atoms with Gasteiger partial charge in [0.25, 0.3) is 0 Å². The van der Waals surface area contributed by atoms with Gasteiger partial charge in [-0.05, 0) is 49.7 Å². The van der Waals surface area contributed by atoms with Gasteiger partial charge in [-0.15, -0.1) is 35.3 Å². The second-order valence-corrected chi connectivity index (χ2v) is 6.97. The lowest BCUT2D eigenvalue weighted by molar-refractivity contribution is 0.147. The van der Waals surface area contributed by atoms with E-state index in [9.17, 15) is 0 Å². The van der Waals surface area contributed by atoms with E-state index in [-0.39, 0.29) is 24.0 Å². The summed E-state index contributed by atoms with van der Waals surface area (Å²) in [6.45, 7) is 8.63. The van der Waals surface area contributed by atoms with E-state index in [0.29, 0.717) is 0 Å². The molecule has 1 unspecified atom stereocenters. The van der Waals surface area contributed by atoms with Crippen LogP contribution in [0.2, 0.25) is 0 Å². The van der Waals surface area contributed by atoms with Crippen molar-refractivity contribution >= 4 is 41.3 Å². The number of thiophene rings is 1. The summed E-state index contributed by atoms with van der Waals surface area (Å²) in [6.07, 6.45) is 5.37. The van der Waals surface area contributed by atoms with Crippen molar-refractivity contribution in [1.29, 1.82) is 0 Å². The highest BCUT2D eigenvalue weighted by molar-refractivity contribution is 14.0. The van der Waals surface area contributed by atoms with Gasteiger partial charge in [0.15, 0.2) is 5.96 Å². The van der Waals surface area contributed by atoms with Crippen LogP contribution in [-0.4, -0.2) is 43.6 Å². The van der Waals surface area contributed by atoms with Crippen molar-refractivity contribution in [3.8, 4) is 0 Å². The topological polar surface area (TPSA) is 39.7 Å². The second kappa shape index (κ2) is 11.3. The van der Waals surface area contributed by atoms with Crippen LogP contribution < -0.4 is 10.6 Å². The van der Waals surface area contributed by atoms with Crippen molar-refractivity contribution in [2.75, 3.05) is 26.7 Å². The van der Waals surface area contributed by atoms with E-state index in [1.165, 1.54) is 42.7 Å². The predicted octanol–water partition coefficient (Wildman–Crippen LogP) is 3.60. The highest BCUT2D eigenvalue weighted by Gasteiger charge is 2.19. The molecule has 0 amide bonds. The standard InChI is InChI=1S/C17H30N4S.HI/c1-4-15-7-5-6-10-21(15)11-9-19-17(18-3)20-13-16-14(2)8-12-22-16;/h8,12,15H,4-7,9-11,13H2,1-3H3,(H2,18,19,20);1H. The Kier molecular flexibility index (Phi) is 10.1. The van der Waals surface area contributed by atoms with Crippen LogP contribution in [-0.2, 0) is 6.54 Å². The van der Waals surface area contributed by atoms with E-state index in [1.807, 2.05) is 7.05 Å². The van der Waals surface area contributed by atoms with Crippen LogP contribution in [0.15, 0.2) is 16.4 Å². The number of nitrogens with zero attached hydrogens (tertiary/aromatic N) is 2.